The Hall–Kier alpha value is -1.57. The average molecular weight is 378 g/mol. The van der Waals surface area contributed by atoms with Gasteiger partial charge in [-0.1, -0.05) is 26.2 Å². The van der Waals surface area contributed by atoms with E-state index in [1.54, 1.807) is 13.8 Å². The van der Waals surface area contributed by atoms with Gasteiger partial charge in [0.2, 0.25) is 5.91 Å². The molecule has 1 heterocycles. The minimum absolute atomic E-state index is 0.0459. The highest BCUT2D eigenvalue weighted by Crippen LogP contribution is 2.40. The van der Waals surface area contributed by atoms with Gasteiger partial charge in [0.05, 0.1) is 18.7 Å². The number of hydrogen-bond donors (Lipinski definition) is 1. The topological polar surface area (TPSA) is 87.2 Å². The lowest BCUT2D eigenvalue weighted by Gasteiger charge is -2.38. The van der Waals surface area contributed by atoms with Crippen molar-refractivity contribution < 1.29 is 24.2 Å². The molecule has 1 aliphatic heterocycles. The number of nitrogens with zero attached hydrogens (tertiary/aromatic N) is 2. The fourth-order valence-corrected chi connectivity index (χ4v) is 4.51. The summed E-state index contributed by atoms with van der Waals surface area (Å²) < 4.78 is 5.10. The van der Waals surface area contributed by atoms with Gasteiger partial charge in [-0.2, -0.15) is 0 Å². The number of rotatable bonds is 8. The molecule has 0 spiro atoms. The van der Waals surface area contributed by atoms with Gasteiger partial charge in [-0.3, -0.25) is 9.59 Å². The lowest BCUT2D eigenvalue weighted by molar-refractivity contribution is -0.154. The fourth-order valence-electron chi connectivity index (χ4n) is 4.51. The Kier molecular flexibility index (Phi) is 7.71. The summed E-state index contributed by atoms with van der Waals surface area (Å²) in [6.07, 6.45) is 5.55. The standard InChI is InChI=1S/C19H31BN2O5/c1-4-8-15(19(26)27-5-2)22(20)12(3)17(23)21-14-10-7-6-9-13(14)11-16(21)18(24)25/h12-16H,4-11H2,1-3H3,(H,24,25)/t12-,13-,14-,15-,16-/m0/s1. The van der Waals surface area contributed by atoms with Crippen LogP contribution in [0.1, 0.15) is 65.7 Å². The summed E-state index contributed by atoms with van der Waals surface area (Å²) in [6.45, 7) is 5.53. The number of esters is 1. The minimum atomic E-state index is -0.968. The van der Waals surface area contributed by atoms with Gasteiger partial charge in [0.1, 0.15) is 6.04 Å². The molecule has 5 atom stereocenters. The van der Waals surface area contributed by atoms with Crippen LogP contribution >= 0.6 is 0 Å². The van der Waals surface area contributed by atoms with Crippen LogP contribution in [0.3, 0.4) is 0 Å². The lowest BCUT2D eigenvalue weighted by atomic mass is 9.84. The second-order valence-corrected chi connectivity index (χ2v) is 7.63. The fraction of sp³-hybridized carbons (Fsp3) is 0.842. The van der Waals surface area contributed by atoms with E-state index in [4.69, 9.17) is 12.7 Å². The van der Waals surface area contributed by atoms with Crippen molar-refractivity contribution in [3.63, 3.8) is 0 Å². The van der Waals surface area contributed by atoms with Crippen LogP contribution in [0.25, 0.3) is 0 Å². The zero-order chi connectivity index (χ0) is 20.1. The quantitative estimate of drug-likeness (QED) is 0.511. The van der Waals surface area contributed by atoms with Crippen LogP contribution in [0.5, 0.6) is 0 Å². The molecule has 0 aromatic rings. The maximum absolute atomic E-state index is 13.2. The summed E-state index contributed by atoms with van der Waals surface area (Å²) in [5, 5.41) is 9.64. The van der Waals surface area contributed by atoms with Gasteiger partial charge in [0, 0.05) is 6.04 Å². The number of ether oxygens (including phenoxy) is 1. The molecule has 2 rings (SSSR count). The van der Waals surface area contributed by atoms with Crippen LogP contribution in [0.15, 0.2) is 0 Å². The molecule has 0 aromatic heterocycles. The van der Waals surface area contributed by atoms with Gasteiger partial charge in [-0.15, -0.1) is 0 Å². The number of carbonyl (C=O) groups is 3. The smallest absolute Gasteiger partial charge is 0.326 e. The molecule has 7 nitrogen and oxygen atoms in total. The van der Waals surface area contributed by atoms with E-state index in [-0.39, 0.29) is 24.5 Å². The van der Waals surface area contributed by atoms with Crippen molar-refractivity contribution in [1.29, 1.82) is 0 Å². The molecule has 2 aliphatic rings. The van der Waals surface area contributed by atoms with Gasteiger partial charge in [-0.25, -0.2) is 4.79 Å². The molecule has 1 aliphatic carbocycles. The molecular weight excluding hydrogens is 347 g/mol. The molecule has 0 bridgehead atoms. The van der Waals surface area contributed by atoms with Gasteiger partial charge >= 0.3 is 11.9 Å². The Morgan fingerprint density at radius 3 is 2.52 bits per heavy atom. The highest BCUT2D eigenvalue weighted by Gasteiger charge is 2.49. The van der Waals surface area contributed by atoms with E-state index >= 15 is 0 Å². The molecule has 1 saturated carbocycles. The number of aliphatic carboxylic acids is 1. The van der Waals surface area contributed by atoms with E-state index in [0.29, 0.717) is 19.3 Å². The van der Waals surface area contributed by atoms with Crippen molar-refractivity contribution in [3.8, 4) is 0 Å². The van der Waals surface area contributed by atoms with Crippen LogP contribution in [-0.2, 0) is 19.1 Å². The van der Waals surface area contributed by atoms with Crippen molar-refractivity contribution in [2.45, 2.75) is 89.9 Å². The van der Waals surface area contributed by atoms with Crippen LogP contribution in [0, 0.1) is 5.92 Å². The van der Waals surface area contributed by atoms with Crippen molar-refractivity contribution in [2.24, 2.45) is 5.92 Å². The van der Waals surface area contributed by atoms with Crippen LogP contribution in [0.2, 0.25) is 0 Å². The third kappa shape index (κ3) is 4.65. The molecule has 0 aromatic carbocycles. The molecule has 1 N–H and O–H groups in total. The SMILES string of the molecule is [B]N([C@@H](C)C(=O)N1[C@H](C(=O)O)C[C@@H]2CCCC[C@@H]21)[C@@H](CCC)C(=O)OCC. The highest BCUT2D eigenvalue weighted by atomic mass is 16.5. The number of carboxylic acids is 1. The molecule has 1 amide bonds. The molecule has 2 fully saturated rings. The normalized spacial score (nSPS) is 27.1. The zero-order valence-electron chi connectivity index (χ0n) is 16.6. The molecule has 2 radical (unpaired) electrons. The van der Waals surface area contributed by atoms with Gasteiger partial charge in [0.25, 0.3) is 0 Å². The van der Waals surface area contributed by atoms with Gasteiger partial charge in [-0.05, 0) is 45.4 Å². The lowest BCUT2D eigenvalue weighted by Crippen LogP contribution is -2.56. The van der Waals surface area contributed by atoms with E-state index < -0.39 is 30.1 Å². The molecule has 1 saturated heterocycles. The van der Waals surface area contributed by atoms with Gasteiger partial charge < -0.3 is 19.6 Å². The number of carboxylic acid groups (broad SMARTS) is 1. The van der Waals surface area contributed by atoms with E-state index in [9.17, 15) is 19.5 Å². The van der Waals surface area contributed by atoms with Crippen molar-refractivity contribution in [1.82, 2.24) is 9.71 Å². The number of amides is 1. The highest BCUT2D eigenvalue weighted by molar-refractivity contribution is 6.09. The Morgan fingerprint density at radius 2 is 1.93 bits per heavy atom. The van der Waals surface area contributed by atoms with E-state index in [1.807, 2.05) is 6.92 Å². The largest absolute Gasteiger partial charge is 0.480 e. The molecule has 0 unspecified atom stereocenters. The summed E-state index contributed by atoms with van der Waals surface area (Å²) in [5.41, 5.74) is 0. The number of carbonyl (C=O) groups excluding carboxylic acids is 2. The van der Waals surface area contributed by atoms with E-state index in [2.05, 4.69) is 0 Å². The zero-order valence-corrected chi connectivity index (χ0v) is 16.6. The molecule has 27 heavy (non-hydrogen) atoms. The van der Waals surface area contributed by atoms with Crippen LogP contribution in [0.4, 0.5) is 0 Å². The first-order chi connectivity index (χ1) is 12.8. The van der Waals surface area contributed by atoms with E-state index in [1.165, 1.54) is 9.71 Å². The van der Waals surface area contributed by atoms with Crippen LogP contribution in [-0.4, -0.2) is 71.4 Å². The summed E-state index contributed by atoms with van der Waals surface area (Å²) in [6, 6.07) is -2.38. The maximum Gasteiger partial charge on any atom is 0.326 e. The Morgan fingerprint density at radius 1 is 1.26 bits per heavy atom. The first-order valence-electron chi connectivity index (χ1n) is 10.1. The first kappa shape index (κ1) is 21.7. The first-order valence-corrected chi connectivity index (χ1v) is 10.1. The maximum atomic E-state index is 13.2. The average Bonchev–Trinajstić information content (AvgIpc) is 3.04. The van der Waals surface area contributed by atoms with E-state index in [0.717, 1.165) is 25.7 Å². The summed E-state index contributed by atoms with van der Waals surface area (Å²) >= 11 is 0. The van der Waals surface area contributed by atoms with Crippen molar-refractivity contribution in [2.75, 3.05) is 6.61 Å². The van der Waals surface area contributed by atoms with Crippen LogP contribution < -0.4 is 0 Å². The number of fused-ring (bicyclic) bond motifs is 1. The Bertz CT molecular complexity index is 558. The Balaban J connectivity index is 2.19. The Labute approximate surface area is 162 Å². The van der Waals surface area contributed by atoms with Crippen molar-refractivity contribution >= 4 is 25.8 Å². The summed E-state index contributed by atoms with van der Waals surface area (Å²) in [4.78, 5) is 40.0. The summed E-state index contributed by atoms with van der Waals surface area (Å²) in [5.74, 6) is -1.50. The molecular formula is C19H31BN2O5. The monoisotopic (exact) mass is 378 g/mol. The second kappa shape index (κ2) is 9.58. The van der Waals surface area contributed by atoms with Crippen molar-refractivity contribution in [3.05, 3.63) is 0 Å². The second-order valence-electron chi connectivity index (χ2n) is 7.63. The molecule has 8 heteroatoms. The predicted molar refractivity (Wildman–Crippen MR) is 101 cm³/mol. The predicted octanol–water partition coefficient (Wildman–Crippen LogP) is 1.74. The summed E-state index contributed by atoms with van der Waals surface area (Å²) in [7, 11) is 6.17. The third-order valence-electron chi connectivity index (χ3n) is 5.91. The number of hydrogen-bond acceptors (Lipinski definition) is 5. The third-order valence-corrected chi connectivity index (χ3v) is 5.91. The number of likely N-dealkylation sites (tertiary alicyclic amines) is 1. The van der Waals surface area contributed by atoms with Gasteiger partial charge in [0.15, 0.2) is 7.98 Å². The minimum Gasteiger partial charge on any atom is -0.480 e. The molecule has 150 valence electrons.